The van der Waals surface area contributed by atoms with Crippen molar-refractivity contribution < 1.29 is 9.53 Å². The Morgan fingerprint density at radius 2 is 1.41 bits per heavy atom. The minimum absolute atomic E-state index is 0.194. The van der Waals surface area contributed by atoms with Gasteiger partial charge in [-0.05, 0) is 27.8 Å². The Kier molecular flexibility index (Phi) is 11.0. The number of carbonyl (C=O) groups is 1. The van der Waals surface area contributed by atoms with E-state index in [2.05, 4.69) is 5.73 Å². The highest BCUT2D eigenvalue weighted by Gasteiger charge is 2.27. The van der Waals surface area contributed by atoms with Crippen molar-refractivity contribution in [2.45, 2.75) is 40.2 Å². The number of ether oxygens (including phenoxy) is 1. The fourth-order valence-corrected chi connectivity index (χ4v) is 2.34. The fraction of sp³-hybridized carbons (Fsp3) is 0.550. The van der Waals surface area contributed by atoms with Gasteiger partial charge in [-0.25, -0.2) is 4.79 Å². The van der Waals surface area contributed by atoms with Crippen LogP contribution in [0.25, 0.3) is 0 Å². The molecule has 1 saturated heterocycles. The van der Waals surface area contributed by atoms with Crippen LogP contribution in [0.3, 0.4) is 0 Å². The molecule has 0 atom stereocenters. The lowest BCUT2D eigenvalue weighted by molar-refractivity contribution is 0.0187. The summed E-state index contributed by atoms with van der Waals surface area (Å²) in [7, 11) is 1.50. The summed E-state index contributed by atoms with van der Waals surface area (Å²) < 4.78 is 5.36. The largest absolute Gasteiger partial charge is 0.444 e. The lowest BCUT2D eigenvalue weighted by atomic mass is 10.1. The van der Waals surface area contributed by atoms with Crippen molar-refractivity contribution in [2.75, 3.05) is 33.2 Å². The van der Waals surface area contributed by atoms with Crippen LogP contribution in [-0.4, -0.2) is 66.3 Å². The average Bonchev–Trinajstić information content (AvgIpc) is 2.69. The number of nitrogens with one attached hydrogen (secondary N) is 2. The van der Waals surface area contributed by atoms with E-state index in [-0.39, 0.29) is 17.6 Å². The van der Waals surface area contributed by atoms with Gasteiger partial charge in [-0.2, -0.15) is 0 Å². The van der Waals surface area contributed by atoms with Crippen LogP contribution >= 0.6 is 0 Å². The molecule has 27 heavy (non-hydrogen) atoms. The lowest BCUT2D eigenvalue weighted by Crippen LogP contribution is -2.52. The van der Waals surface area contributed by atoms with E-state index in [4.69, 9.17) is 15.6 Å². The third-order valence-electron chi connectivity index (χ3n) is 3.55. The molecule has 0 aliphatic carbocycles. The number of nitrogens with two attached hydrogens (primary N) is 1. The van der Waals surface area contributed by atoms with Crippen LogP contribution in [0.4, 0.5) is 4.79 Å². The van der Waals surface area contributed by atoms with E-state index in [9.17, 15) is 4.79 Å². The average molecular weight is 378 g/mol. The molecule has 7 heteroatoms. The summed E-state index contributed by atoms with van der Waals surface area (Å²) in [5.41, 5.74) is 4.93. The van der Waals surface area contributed by atoms with Gasteiger partial charge in [0.05, 0.1) is 0 Å². The van der Waals surface area contributed by atoms with Gasteiger partial charge in [0, 0.05) is 31.7 Å². The molecular formula is C20H35N5O2. The van der Waals surface area contributed by atoms with E-state index >= 15 is 0 Å². The quantitative estimate of drug-likeness (QED) is 0.543. The highest BCUT2D eigenvalue weighted by Crippen LogP contribution is 2.13. The second-order valence-electron chi connectivity index (χ2n) is 6.54. The topological polar surface area (TPSA) is 106 Å². The predicted octanol–water partition coefficient (Wildman–Crippen LogP) is 3.19. The minimum Gasteiger partial charge on any atom is -0.444 e. The molecule has 0 bridgehead atoms. The molecule has 7 nitrogen and oxygen atoms in total. The van der Waals surface area contributed by atoms with Gasteiger partial charge in [0.25, 0.3) is 0 Å². The Morgan fingerprint density at radius 1 is 0.963 bits per heavy atom. The van der Waals surface area contributed by atoms with Crippen LogP contribution in [-0.2, 0) is 4.74 Å². The third kappa shape index (κ3) is 8.21. The second kappa shape index (κ2) is 12.1. The summed E-state index contributed by atoms with van der Waals surface area (Å²) in [6.45, 7) is 11.6. The van der Waals surface area contributed by atoms with Gasteiger partial charge in [-0.1, -0.05) is 44.2 Å². The summed E-state index contributed by atoms with van der Waals surface area (Å²) in [6, 6.07) is 9.26. The molecule has 1 aliphatic rings. The van der Waals surface area contributed by atoms with Crippen LogP contribution in [0, 0.1) is 10.8 Å². The highest BCUT2D eigenvalue weighted by molar-refractivity contribution is 6.45. The summed E-state index contributed by atoms with van der Waals surface area (Å²) >= 11 is 0. The first kappa shape index (κ1) is 24.6. The van der Waals surface area contributed by atoms with Crippen molar-refractivity contribution >= 4 is 17.6 Å². The number of hydrogen-bond acceptors (Lipinski definition) is 5. The summed E-state index contributed by atoms with van der Waals surface area (Å²) in [4.78, 5) is 15.5. The fourth-order valence-electron chi connectivity index (χ4n) is 2.34. The first-order valence-corrected chi connectivity index (χ1v) is 9.31. The molecule has 1 aromatic carbocycles. The standard InChI is InChI=1S/C17H24N4O2.C2H6.CH5N/c1-17(2,3)23-16(22)21-11-9-20(10-12-21)15(19)14(18)13-7-5-4-6-8-13;2*1-2/h4-8,18-19H,9-12H2,1-3H3;1-2H3;2H2,1H3. The molecular weight excluding hydrogens is 342 g/mol. The Morgan fingerprint density at radius 3 is 1.85 bits per heavy atom. The maximum atomic E-state index is 12.0. The lowest BCUT2D eigenvalue weighted by Gasteiger charge is -2.36. The van der Waals surface area contributed by atoms with Crippen molar-refractivity contribution in [1.82, 2.24) is 9.80 Å². The second-order valence-corrected chi connectivity index (χ2v) is 6.54. The van der Waals surface area contributed by atoms with Gasteiger partial charge < -0.3 is 20.3 Å². The molecule has 1 aromatic rings. The van der Waals surface area contributed by atoms with E-state index in [1.807, 2.05) is 69.9 Å². The minimum atomic E-state index is -0.504. The van der Waals surface area contributed by atoms with Gasteiger partial charge in [0.15, 0.2) is 0 Å². The van der Waals surface area contributed by atoms with E-state index in [1.54, 1.807) is 4.90 Å². The molecule has 1 amide bonds. The molecule has 0 unspecified atom stereocenters. The zero-order chi connectivity index (χ0) is 21.0. The number of amides is 1. The Balaban J connectivity index is 0.00000158. The normalized spacial score (nSPS) is 13.4. The number of benzene rings is 1. The summed E-state index contributed by atoms with van der Waals surface area (Å²) in [6.07, 6.45) is -0.318. The smallest absolute Gasteiger partial charge is 0.410 e. The van der Waals surface area contributed by atoms with Crippen molar-refractivity contribution in [1.29, 1.82) is 10.8 Å². The van der Waals surface area contributed by atoms with E-state index < -0.39 is 5.60 Å². The zero-order valence-corrected chi connectivity index (χ0v) is 17.5. The predicted molar refractivity (Wildman–Crippen MR) is 112 cm³/mol. The van der Waals surface area contributed by atoms with E-state index in [0.717, 1.165) is 5.56 Å². The summed E-state index contributed by atoms with van der Waals surface area (Å²) in [5, 5.41) is 16.4. The molecule has 1 heterocycles. The van der Waals surface area contributed by atoms with Crippen LogP contribution in [0.5, 0.6) is 0 Å². The Labute approximate surface area is 163 Å². The van der Waals surface area contributed by atoms with Crippen LogP contribution < -0.4 is 5.73 Å². The molecule has 1 fully saturated rings. The summed E-state index contributed by atoms with van der Waals surface area (Å²) in [5.74, 6) is 0.194. The van der Waals surface area contributed by atoms with Crippen LogP contribution in [0.2, 0.25) is 0 Å². The molecule has 0 aromatic heterocycles. The molecule has 1 aliphatic heterocycles. The maximum absolute atomic E-state index is 12.0. The van der Waals surface area contributed by atoms with Gasteiger partial charge in [-0.15, -0.1) is 0 Å². The number of piperazine rings is 1. The van der Waals surface area contributed by atoms with Crippen molar-refractivity contribution in [3.63, 3.8) is 0 Å². The van der Waals surface area contributed by atoms with Crippen molar-refractivity contribution in [2.24, 2.45) is 5.73 Å². The Hall–Kier alpha value is -2.41. The van der Waals surface area contributed by atoms with E-state index in [1.165, 1.54) is 7.05 Å². The maximum Gasteiger partial charge on any atom is 0.410 e. The zero-order valence-electron chi connectivity index (χ0n) is 17.5. The third-order valence-corrected chi connectivity index (χ3v) is 3.55. The molecule has 4 N–H and O–H groups in total. The molecule has 0 saturated carbocycles. The van der Waals surface area contributed by atoms with Gasteiger partial charge in [0.2, 0.25) is 0 Å². The van der Waals surface area contributed by atoms with Crippen LogP contribution in [0.15, 0.2) is 30.3 Å². The first-order valence-electron chi connectivity index (χ1n) is 9.31. The Bertz CT molecular complexity index is 588. The first-order chi connectivity index (χ1) is 12.8. The van der Waals surface area contributed by atoms with Gasteiger partial charge >= 0.3 is 6.09 Å². The SMILES string of the molecule is CC.CC(C)(C)OC(=O)N1CCN(C(=N)C(=N)c2ccccc2)CC1.CN. The van der Waals surface area contributed by atoms with Gasteiger partial charge in [0.1, 0.15) is 17.1 Å². The van der Waals surface area contributed by atoms with Crippen molar-refractivity contribution in [3.8, 4) is 0 Å². The van der Waals surface area contributed by atoms with Gasteiger partial charge in [-0.3, -0.25) is 10.8 Å². The van der Waals surface area contributed by atoms with E-state index in [0.29, 0.717) is 26.2 Å². The monoisotopic (exact) mass is 377 g/mol. The number of rotatable bonds is 2. The highest BCUT2D eigenvalue weighted by atomic mass is 16.6. The number of amidine groups is 1. The molecule has 0 radical (unpaired) electrons. The molecule has 2 rings (SSSR count). The number of carbonyl (C=O) groups excluding carboxylic acids is 1. The molecule has 0 spiro atoms. The van der Waals surface area contributed by atoms with Crippen molar-refractivity contribution in [3.05, 3.63) is 35.9 Å². The number of hydrogen-bond donors (Lipinski definition) is 3. The molecule has 152 valence electrons. The van der Waals surface area contributed by atoms with Crippen LogP contribution in [0.1, 0.15) is 40.2 Å². The number of nitrogens with zero attached hydrogens (tertiary/aromatic N) is 2.